The number of carbonyl (C=O) groups is 6. The number of nitrogens with one attached hydrogen (secondary N) is 2. The minimum Gasteiger partial charge on any atom is -0.371 e. The van der Waals surface area contributed by atoms with Crippen LogP contribution in [0.15, 0.2) is 30.3 Å². The standard InChI is InChI=1S/C36H60N6O7/c1-12-16-29(43)40(9)21-30(44)41(10)28(20-36(7,8)49-22-26-17-14-13-15-18-26)34(47)39-31(24(4)5)35(48)42(11)27(19-23(2)3)33(46)38-25(6)32(37)45/h13-15,17-18,23-25,27-28,31H,12,16,19-22H2,1-11H3,(H2,37,45)(H,38,46)(H,39,47)/t25-,27+,28+,31+/m1/s1. The Kier molecular flexibility index (Phi) is 17.4. The van der Waals surface area contributed by atoms with Gasteiger partial charge in [-0.1, -0.05) is 65.0 Å². The van der Waals surface area contributed by atoms with Crippen molar-refractivity contribution in [1.29, 1.82) is 0 Å². The fourth-order valence-electron chi connectivity index (χ4n) is 5.17. The van der Waals surface area contributed by atoms with Gasteiger partial charge in [0.2, 0.25) is 35.4 Å². The van der Waals surface area contributed by atoms with E-state index in [0.717, 1.165) is 5.56 Å². The molecular formula is C36H60N6O7. The van der Waals surface area contributed by atoms with Crippen molar-refractivity contribution in [3.05, 3.63) is 35.9 Å². The van der Waals surface area contributed by atoms with E-state index < -0.39 is 65.2 Å². The SMILES string of the molecule is CCCC(=O)N(C)CC(=O)N(C)[C@@H](CC(C)(C)OCc1ccccc1)C(=O)N[C@H](C(=O)N(C)[C@@H](CC(C)C)C(=O)N[C@H](C)C(N)=O)C(C)C. The van der Waals surface area contributed by atoms with Crippen molar-refractivity contribution in [3.63, 3.8) is 0 Å². The number of primary amides is 1. The van der Waals surface area contributed by atoms with Gasteiger partial charge in [0.15, 0.2) is 0 Å². The number of nitrogens with two attached hydrogens (primary N) is 1. The second-order valence-electron chi connectivity index (χ2n) is 14.2. The second-order valence-corrected chi connectivity index (χ2v) is 14.2. The number of rotatable bonds is 20. The average molecular weight is 689 g/mol. The van der Waals surface area contributed by atoms with E-state index in [1.807, 2.05) is 65.0 Å². The number of carbonyl (C=O) groups excluding carboxylic acids is 6. The van der Waals surface area contributed by atoms with E-state index in [-0.39, 0.29) is 31.4 Å². The van der Waals surface area contributed by atoms with Crippen LogP contribution in [0.1, 0.15) is 86.6 Å². The van der Waals surface area contributed by atoms with Crippen molar-refractivity contribution in [2.75, 3.05) is 27.7 Å². The zero-order chi connectivity index (χ0) is 37.6. The van der Waals surface area contributed by atoms with Gasteiger partial charge in [-0.2, -0.15) is 0 Å². The number of likely N-dealkylation sites (N-methyl/N-ethyl adjacent to an activating group) is 3. The van der Waals surface area contributed by atoms with Gasteiger partial charge in [0.05, 0.1) is 18.8 Å². The molecule has 0 bridgehead atoms. The summed E-state index contributed by atoms with van der Waals surface area (Å²) in [6.45, 7) is 14.4. The fraction of sp³-hybridized carbons (Fsp3) is 0.667. The summed E-state index contributed by atoms with van der Waals surface area (Å²) < 4.78 is 6.22. The van der Waals surface area contributed by atoms with E-state index in [0.29, 0.717) is 19.3 Å². The highest BCUT2D eigenvalue weighted by Crippen LogP contribution is 2.23. The van der Waals surface area contributed by atoms with Crippen LogP contribution in [0.25, 0.3) is 0 Å². The summed E-state index contributed by atoms with van der Waals surface area (Å²) in [5.41, 5.74) is 5.40. The van der Waals surface area contributed by atoms with E-state index in [1.54, 1.807) is 20.9 Å². The van der Waals surface area contributed by atoms with Crippen LogP contribution in [0.2, 0.25) is 0 Å². The Balaban J connectivity index is 3.39. The highest BCUT2D eigenvalue weighted by Gasteiger charge is 2.39. The number of hydrogen-bond acceptors (Lipinski definition) is 7. The van der Waals surface area contributed by atoms with E-state index in [2.05, 4.69) is 10.6 Å². The first-order chi connectivity index (χ1) is 22.7. The Morgan fingerprint density at radius 1 is 0.837 bits per heavy atom. The molecule has 1 aromatic rings. The van der Waals surface area contributed by atoms with Crippen LogP contribution >= 0.6 is 0 Å². The Morgan fingerprint density at radius 2 is 1.41 bits per heavy atom. The first-order valence-electron chi connectivity index (χ1n) is 17.1. The van der Waals surface area contributed by atoms with Gasteiger partial charge in [-0.25, -0.2) is 0 Å². The van der Waals surface area contributed by atoms with Crippen molar-refractivity contribution in [3.8, 4) is 0 Å². The van der Waals surface area contributed by atoms with Crippen molar-refractivity contribution in [2.24, 2.45) is 17.6 Å². The lowest BCUT2D eigenvalue weighted by Gasteiger charge is -2.37. The van der Waals surface area contributed by atoms with Crippen LogP contribution in [0.3, 0.4) is 0 Å². The van der Waals surface area contributed by atoms with Gasteiger partial charge in [-0.15, -0.1) is 0 Å². The van der Waals surface area contributed by atoms with E-state index in [1.165, 1.54) is 35.7 Å². The molecule has 0 saturated heterocycles. The zero-order valence-electron chi connectivity index (χ0n) is 31.4. The molecule has 0 heterocycles. The molecule has 4 N–H and O–H groups in total. The molecule has 0 spiro atoms. The summed E-state index contributed by atoms with van der Waals surface area (Å²) in [5, 5.41) is 5.44. The predicted molar refractivity (Wildman–Crippen MR) is 189 cm³/mol. The van der Waals surface area contributed by atoms with Crippen molar-refractivity contribution < 1.29 is 33.5 Å². The number of nitrogens with zero attached hydrogens (tertiary/aromatic N) is 3. The summed E-state index contributed by atoms with van der Waals surface area (Å²) in [7, 11) is 4.53. The molecule has 4 atom stereocenters. The number of hydrogen-bond donors (Lipinski definition) is 3. The third kappa shape index (κ3) is 14.2. The molecule has 0 radical (unpaired) electrons. The molecule has 13 nitrogen and oxygen atoms in total. The van der Waals surface area contributed by atoms with Gasteiger partial charge in [0, 0.05) is 34.0 Å². The third-order valence-electron chi connectivity index (χ3n) is 8.41. The number of ether oxygens (including phenoxy) is 1. The average Bonchev–Trinajstić information content (AvgIpc) is 3.03. The van der Waals surface area contributed by atoms with Crippen LogP contribution in [0.5, 0.6) is 0 Å². The van der Waals surface area contributed by atoms with Crippen molar-refractivity contribution in [1.82, 2.24) is 25.3 Å². The minimum atomic E-state index is -1.07. The lowest BCUT2D eigenvalue weighted by atomic mass is 9.95. The molecule has 0 aromatic heterocycles. The summed E-state index contributed by atoms with van der Waals surface area (Å²) in [4.78, 5) is 82.9. The fourth-order valence-corrected chi connectivity index (χ4v) is 5.17. The quantitative estimate of drug-likeness (QED) is 0.189. The Labute approximate surface area is 292 Å². The van der Waals surface area contributed by atoms with Crippen LogP contribution in [-0.2, 0) is 40.1 Å². The van der Waals surface area contributed by atoms with Gasteiger partial charge in [0.1, 0.15) is 24.2 Å². The Morgan fingerprint density at radius 3 is 1.92 bits per heavy atom. The van der Waals surface area contributed by atoms with Gasteiger partial charge in [-0.3, -0.25) is 28.8 Å². The number of amides is 6. The van der Waals surface area contributed by atoms with Gasteiger partial charge in [0.25, 0.3) is 0 Å². The van der Waals surface area contributed by atoms with Gasteiger partial charge in [-0.05, 0) is 51.0 Å². The first kappa shape index (κ1) is 43.0. The van der Waals surface area contributed by atoms with E-state index in [4.69, 9.17) is 10.5 Å². The Bertz CT molecular complexity index is 1270. The largest absolute Gasteiger partial charge is 0.371 e. The molecule has 0 fully saturated rings. The highest BCUT2D eigenvalue weighted by atomic mass is 16.5. The van der Waals surface area contributed by atoms with Crippen LogP contribution in [-0.4, -0.2) is 108 Å². The predicted octanol–water partition coefficient (Wildman–Crippen LogP) is 2.46. The Hall–Kier alpha value is -4.00. The molecule has 13 heteroatoms. The molecule has 276 valence electrons. The smallest absolute Gasteiger partial charge is 0.245 e. The summed E-state index contributed by atoms with van der Waals surface area (Å²) in [6, 6.07) is 5.56. The van der Waals surface area contributed by atoms with Crippen molar-refractivity contribution >= 4 is 35.4 Å². The molecule has 1 rings (SSSR count). The van der Waals surface area contributed by atoms with Crippen LogP contribution < -0.4 is 16.4 Å². The first-order valence-corrected chi connectivity index (χ1v) is 17.1. The molecule has 49 heavy (non-hydrogen) atoms. The molecule has 0 unspecified atom stereocenters. The normalized spacial score (nSPS) is 14.0. The van der Waals surface area contributed by atoms with Crippen molar-refractivity contribution in [2.45, 2.75) is 117 Å². The van der Waals surface area contributed by atoms with E-state index in [9.17, 15) is 28.8 Å². The minimum absolute atomic E-state index is 0.0199. The third-order valence-corrected chi connectivity index (χ3v) is 8.41. The molecule has 0 aliphatic carbocycles. The summed E-state index contributed by atoms with van der Waals surface area (Å²) in [5.74, 6) is -3.34. The van der Waals surface area contributed by atoms with E-state index >= 15 is 0 Å². The van der Waals surface area contributed by atoms with Gasteiger partial charge >= 0.3 is 0 Å². The summed E-state index contributed by atoms with van der Waals surface area (Å²) >= 11 is 0. The molecule has 0 aliphatic rings. The molecular weight excluding hydrogens is 628 g/mol. The lowest BCUT2D eigenvalue weighted by Crippen LogP contribution is -2.60. The molecule has 1 aromatic carbocycles. The maximum Gasteiger partial charge on any atom is 0.245 e. The highest BCUT2D eigenvalue weighted by molar-refractivity contribution is 5.95. The molecule has 6 amide bonds. The molecule has 0 aliphatic heterocycles. The van der Waals surface area contributed by atoms with Gasteiger partial charge < -0.3 is 35.8 Å². The molecule has 0 saturated carbocycles. The lowest BCUT2D eigenvalue weighted by molar-refractivity contribution is -0.148. The maximum atomic E-state index is 14.2. The number of benzene rings is 1. The maximum absolute atomic E-state index is 14.2. The monoisotopic (exact) mass is 688 g/mol. The topological polar surface area (TPSA) is 171 Å². The zero-order valence-corrected chi connectivity index (χ0v) is 31.4. The second kappa shape index (κ2) is 19.9. The van der Waals surface area contributed by atoms with Crippen LogP contribution in [0, 0.1) is 11.8 Å². The summed E-state index contributed by atoms with van der Waals surface area (Å²) in [6.07, 6.45) is 1.31. The van der Waals surface area contributed by atoms with Crippen LogP contribution in [0.4, 0.5) is 0 Å².